The summed E-state index contributed by atoms with van der Waals surface area (Å²) in [7, 11) is 1.35. The maximum atomic E-state index is 11.6. The molecule has 0 aromatic rings. The van der Waals surface area contributed by atoms with E-state index in [0.29, 0.717) is 6.42 Å². The monoisotopic (exact) mass is 210 g/mol. The third kappa shape index (κ3) is 1.54. The van der Waals surface area contributed by atoms with Crippen LogP contribution in [0.5, 0.6) is 0 Å². The van der Waals surface area contributed by atoms with Crippen LogP contribution in [-0.2, 0) is 19.1 Å². The van der Waals surface area contributed by atoms with Gasteiger partial charge in [-0.2, -0.15) is 0 Å². The number of fused-ring (bicyclic) bond motifs is 1. The normalized spacial score (nSPS) is 38.4. The Labute approximate surface area is 88.2 Å². The van der Waals surface area contributed by atoms with Crippen LogP contribution in [0, 0.1) is 17.8 Å². The average molecular weight is 210 g/mol. The van der Waals surface area contributed by atoms with Crippen molar-refractivity contribution in [3.63, 3.8) is 0 Å². The number of hydrogen-bond acceptors (Lipinski definition) is 4. The summed E-state index contributed by atoms with van der Waals surface area (Å²) in [4.78, 5) is 23.1. The first-order valence-corrected chi connectivity index (χ1v) is 5.10. The molecular weight excluding hydrogens is 196 g/mol. The van der Waals surface area contributed by atoms with E-state index in [9.17, 15) is 9.59 Å². The van der Waals surface area contributed by atoms with Crippen molar-refractivity contribution in [2.24, 2.45) is 17.8 Å². The molecule has 4 atom stereocenters. The van der Waals surface area contributed by atoms with Gasteiger partial charge in [-0.1, -0.05) is 12.2 Å². The first-order chi connectivity index (χ1) is 7.15. The topological polar surface area (TPSA) is 52.6 Å². The number of esters is 2. The standard InChI is InChI=1S/C11H14O4/c1-6-7-4-3-5-8(10(12)14-2)9(7)11(13)15-6/h3-4,6-9H,5H2,1-2H3/t6-,7+,8-,9+/m1/s1. The molecule has 0 aromatic heterocycles. The molecule has 0 aromatic carbocycles. The van der Waals surface area contributed by atoms with Crippen LogP contribution in [0.4, 0.5) is 0 Å². The van der Waals surface area contributed by atoms with E-state index in [1.54, 1.807) is 0 Å². The predicted molar refractivity (Wildman–Crippen MR) is 51.8 cm³/mol. The van der Waals surface area contributed by atoms with Crippen molar-refractivity contribution in [3.05, 3.63) is 12.2 Å². The largest absolute Gasteiger partial charge is 0.469 e. The molecule has 4 heteroatoms. The van der Waals surface area contributed by atoms with E-state index in [1.807, 2.05) is 19.1 Å². The number of methoxy groups -OCH3 is 1. The van der Waals surface area contributed by atoms with Crippen molar-refractivity contribution in [3.8, 4) is 0 Å². The molecule has 1 aliphatic carbocycles. The van der Waals surface area contributed by atoms with Gasteiger partial charge in [-0.05, 0) is 13.3 Å². The minimum Gasteiger partial charge on any atom is -0.469 e. The first kappa shape index (κ1) is 10.2. The van der Waals surface area contributed by atoms with Crippen LogP contribution in [0.1, 0.15) is 13.3 Å². The highest BCUT2D eigenvalue weighted by molar-refractivity contribution is 5.84. The Morgan fingerprint density at radius 2 is 2.33 bits per heavy atom. The van der Waals surface area contributed by atoms with E-state index >= 15 is 0 Å². The highest BCUT2D eigenvalue weighted by Gasteiger charge is 2.49. The smallest absolute Gasteiger partial charge is 0.310 e. The van der Waals surface area contributed by atoms with Crippen LogP contribution in [0.2, 0.25) is 0 Å². The second-order valence-corrected chi connectivity index (χ2v) is 4.04. The van der Waals surface area contributed by atoms with Gasteiger partial charge >= 0.3 is 11.9 Å². The zero-order chi connectivity index (χ0) is 11.0. The Bertz CT molecular complexity index is 321. The number of hydrogen-bond donors (Lipinski definition) is 0. The summed E-state index contributed by atoms with van der Waals surface area (Å²) in [6.45, 7) is 1.85. The highest BCUT2D eigenvalue weighted by Crippen LogP contribution is 2.40. The molecule has 0 amide bonds. The van der Waals surface area contributed by atoms with Crippen molar-refractivity contribution < 1.29 is 19.1 Å². The molecule has 0 unspecified atom stereocenters. The Balaban J connectivity index is 2.26. The fourth-order valence-corrected chi connectivity index (χ4v) is 2.42. The highest BCUT2D eigenvalue weighted by atomic mass is 16.6. The summed E-state index contributed by atoms with van der Waals surface area (Å²) in [5, 5.41) is 0. The maximum absolute atomic E-state index is 11.6. The van der Waals surface area contributed by atoms with Gasteiger partial charge < -0.3 is 9.47 Å². The fourth-order valence-electron chi connectivity index (χ4n) is 2.42. The lowest BCUT2D eigenvalue weighted by atomic mass is 9.75. The Morgan fingerprint density at radius 3 is 3.00 bits per heavy atom. The second kappa shape index (κ2) is 3.68. The van der Waals surface area contributed by atoms with Crippen LogP contribution in [0.15, 0.2) is 12.2 Å². The van der Waals surface area contributed by atoms with Gasteiger partial charge in [-0.3, -0.25) is 9.59 Å². The molecule has 0 saturated carbocycles. The van der Waals surface area contributed by atoms with Crippen LogP contribution < -0.4 is 0 Å². The fraction of sp³-hybridized carbons (Fsp3) is 0.636. The molecule has 1 heterocycles. The second-order valence-electron chi connectivity index (χ2n) is 4.04. The zero-order valence-electron chi connectivity index (χ0n) is 8.80. The molecule has 4 nitrogen and oxygen atoms in total. The Hall–Kier alpha value is -1.32. The van der Waals surface area contributed by atoms with Crippen molar-refractivity contribution >= 4 is 11.9 Å². The van der Waals surface area contributed by atoms with Crippen LogP contribution in [-0.4, -0.2) is 25.2 Å². The molecule has 1 aliphatic heterocycles. The van der Waals surface area contributed by atoms with Gasteiger partial charge in [-0.25, -0.2) is 0 Å². The predicted octanol–water partition coefficient (Wildman–Crippen LogP) is 0.913. The summed E-state index contributed by atoms with van der Waals surface area (Å²) in [5.74, 6) is -1.29. The maximum Gasteiger partial charge on any atom is 0.310 e. The zero-order valence-corrected chi connectivity index (χ0v) is 8.80. The van der Waals surface area contributed by atoms with Gasteiger partial charge in [-0.15, -0.1) is 0 Å². The van der Waals surface area contributed by atoms with Gasteiger partial charge in [0.25, 0.3) is 0 Å². The van der Waals surface area contributed by atoms with E-state index in [0.717, 1.165) is 0 Å². The molecule has 0 bridgehead atoms. The summed E-state index contributed by atoms with van der Waals surface area (Å²) < 4.78 is 9.84. The molecule has 15 heavy (non-hydrogen) atoms. The van der Waals surface area contributed by atoms with E-state index in [-0.39, 0.29) is 35.8 Å². The van der Waals surface area contributed by atoms with Crippen LogP contribution in [0.25, 0.3) is 0 Å². The van der Waals surface area contributed by atoms with Gasteiger partial charge in [0.05, 0.1) is 18.9 Å². The van der Waals surface area contributed by atoms with E-state index in [4.69, 9.17) is 9.47 Å². The van der Waals surface area contributed by atoms with E-state index in [1.165, 1.54) is 7.11 Å². The lowest BCUT2D eigenvalue weighted by molar-refractivity contribution is -0.154. The van der Waals surface area contributed by atoms with Crippen molar-refractivity contribution in [2.75, 3.05) is 7.11 Å². The van der Waals surface area contributed by atoms with E-state index in [2.05, 4.69) is 0 Å². The molecule has 0 spiro atoms. The average Bonchev–Trinajstić information content (AvgIpc) is 2.54. The van der Waals surface area contributed by atoms with Crippen molar-refractivity contribution in [2.45, 2.75) is 19.4 Å². The Kier molecular flexibility index (Phi) is 2.50. The van der Waals surface area contributed by atoms with Gasteiger partial charge in [0.15, 0.2) is 0 Å². The molecule has 82 valence electrons. The minimum absolute atomic E-state index is 0.0235. The number of cyclic esters (lactones) is 1. The first-order valence-electron chi connectivity index (χ1n) is 5.10. The molecule has 0 N–H and O–H groups in total. The SMILES string of the molecule is COC(=O)[C@@H]1CC=C[C@@H]2[C@@H]1C(=O)O[C@@H]2C. The third-order valence-corrected chi connectivity index (χ3v) is 3.22. The number of rotatable bonds is 1. The molecular formula is C11H14O4. The third-order valence-electron chi connectivity index (χ3n) is 3.22. The summed E-state index contributed by atoms with van der Waals surface area (Å²) in [6, 6.07) is 0. The van der Waals surface area contributed by atoms with Crippen LogP contribution in [0.3, 0.4) is 0 Å². The number of carbonyl (C=O) groups is 2. The number of allylic oxidation sites excluding steroid dienone is 1. The van der Waals surface area contributed by atoms with Gasteiger partial charge in [0.1, 0.15) is 6.10 Å². The summed E-state index contributed by atoms with van der Waals surface area (Å²) in [6.07, 6.45) is 4.34. The number of ether oxygens (including phenoxy) is 2. The minimum atomic E-state index is -0.373. The van der Waals surface area contributed by atoms with E-state index < -0.39 is 0 Å². The quantitative estimate of drug-likeness (QED) is 0.477. The van der Waals surface area contributed by atoms with Crippen molar-refractivity contribution in [1.82, 2.24) is 0 Å². The lowest BCUT2D eigenvalue weighted by Crippen LogP contribution is -2.34. The molecule has 0 radical (unpaired) electrons. The molecule has 1 saturated heterocycles. The summed E-state index contributed by atoms with van der Waals surface area (Å²) >= 11 is 0. The summed E-state index contributed by atoms with van der Waals surface area (Å²) in [5.41, 5.74) is 0. The Morgan fingerprint density at radius 1 is 1.60 bits per heavy atom. The van der Waals surface area contributed by atoms with Crippen molar-refractivity contribution in [1.29, 1.82) is 0 Å². The molecule has 1 fully saturated rings. The van der Waals surface area contributed by atoms with Gasteiger partial charge in [0.2, 0.25) is 0 Å². The molecule has 2 aliphatic rings. The van der Waals surface area contributed by atoms with Crippen LogP contribution >= 0.6 is 0 Å². The lowest BCUT2D eigenvalue weighted by Gasteiger charge is -2.25. The number of carbonyl (C=O) groups excluding carboxylic acids is 2. The molecule has 2 rings (SSSR count). The van der Waals surface area contributed by atoms with Gasteiger partial charge in [0, 0.05) is 5.92 Å².